The summed E-state index contributed by atoms with van der Waals surface area (Å²) in [6.45, 7) is -0.948. The van der Waals surface area contributed by atoms with Gasteiger partial charge in [0.2, 0.25) is 0 Å². The van der Waals surface area contributed by atoms with Gasteiger partial charge in [-0.3, -0.25) is 5.21 Å². The maximum Gasteiger partial charge on any atom is 0.341 e. The molecule has 0 aromatic rings. The number of hydrogen-bond donors (Lipinski definition) is 14. The molecule has 3 aliphatic rings. The molecule has 2 amide bonds. The van der Waals surface area contributed by atoms with Crippen LogP contribution in [-0.4, -0.2) is 183 Å². The Labute approximate surface area is 247 Å². The molecule has 20 heteroatoms. The molecule has 3 rings (SSSR count). The van der Waals surface area contributed by atoms with Gasteiger partial charge in [0.05, 0.1) is 37.9 Å². The zero-order valence-electron chi connectivity index (χ0n) is 23.5. The molecule has 0 spiro atoms. The second-order valence-electron chi connectivity index (χ2n) is 10.9. The van der Waals surface area contributed by atoms with Gasteiger partial charge in [-0.05, 0) is 6.42 Å². The van der Waals surface area contributed by atoms with Crippen LogP contribution < -0.4 is 33.6 Å². The predicted octanol–water partition coefficient (Wildman–Crippen LogP) is -8.30. The fraction of sp³-hybridized carbons (Fsp3) is 0.957. The fourth-order valence-electron chi connectivity index (χ4n) is 5.30. The molecular formula is C23H47N7O13. The summed E-state index contributed by atoms with van der Waals surface area (Å²) in [7, 11) is 0. The van der Waals surface area contributed by atoms with Crippen molar-refractivity contribution in [3.63, 3.8) is 0 Å². The minimum Gasteiger partial charge on any atom is -0.395 e. The largest absolute Gasteiger partial charge is 0.395 e. The normalized spacial score (nSPS) is 43.8. The van der Waals surface area contributed by atoms with Gasteiger partial charge in [-0.2, -0.15) is 0 Å². The van der Waals surface area contributed by atoms with Crippen molar-refractivity contribution in [1.82, 2.24) is 15.7 Å². The molecule has 43 heavy (non-hydrogen) atoms. The van der Waals surface area contributed by atoms with E-state index in [4.69, 9.17) is 47.0 Å². The van der Waals surface area contributed by atoms with Crippen LogP contribution in [0.4, 0.5) is 4.79 Å². The molecule has 2 saturated heterocycles. The summed E-state index contributed by atoms with van der Waals surface area (Å²) in [6, 6.07) is -5.75. The average molecular weight is 630 g/mol. The maximum absolute atomic E-state index is 12.6. The Bertz CT molecular complexity index is 868. The number of urea groups is 1. The van der Waals surface area contributed by atoms with Crippen LogP contribution in [0, 0.1) is 0 Å². The van der Waals surface area contributed by atoms with Crippen LogP contribution in [0.2, 0.25) is 0 Å². The Morgan fingerprint density at radius 3 is 2.14 bits per heavy atom. The lowest BCUT2D eigenvalue weighted by Crippen LogP contribution is -2.70. The Morgan fingerprint density at radius 1 is 0.860 bits per heavy atom. The molecule has 252 valence electrons. The number of amides is 2. The molecule has 0 aromatic heterocycles. The Morgan fingerprint density at radius 2 is 1.51 bits per heavy atom. The van der Waals surface area contributed by atoms with Gasteiger partial charge in [0, 0.05) is 25.7 Å². The number of rotatable bonds is 12. The smallest absolute Gasteiger partial charge is 0.341 e. The number of nitrogens with one attached hydrogen (secondary N) is 2. The third-order valence-corrected chi connectivity index (χ3v) is 7.80. The first-order valence-corrected chi connectivity index (χ1v) is 14.0. The molecule has 1 aliphatic carbocycles. The predicted molar refractivity (Wildman–Crippen MR) is 143 cm³/mol. The molecule has 2 heterocycles. The number of hydrogen-bond acceptors (Lipinski definition) is 18. The van der Waals surface area contributed by atoms with E-state index in [9.17, 15) is 40.6 Å². The summed E-state index contributed by atoms with van der Waals surface area (Å²) < 4.78 is 23.1. The molecule has 2 aliphatic heterocycles. The molecule has 0 bridgehead atoms. The zero-order valence-corrected chi connectivity index (χ0v) is 23.5. The zero-order chi connectivity index (χ0) is 32.0. The van der Waals surface area contributed by atoms with Gasteiger partial charge in [0.1, 0.15) is 54.9 Å². The van der Waals surface area contributed by atoms with Crippen molar-refractivity contribution < 1.29 is 64.7 Å². The molecule has 20 nitrogen and oxygen atoms in total. The van der Waals surface area contributed by atoms with Crippen LogP contribution in [0.25, 0.3) is 0 Å². The highest BCUT2D eigenvalue weighted by atomic mass is 16.7. The van der Waals surface area contributed by atoms with E-state index < -0.39 is 104 Å². The first-order valence-electron chi connectivity index (χ1n) is 14.0. The average Bonchev–Trinajstić information content (AvgIpc) is 2.97. The third-order valence-electron chi connectivity index (χ3n) is 7.80. The quantitative estimate of drug-likeness (QED) is 0.0541. The lowest BCUT2D eigenvalue weighted by molar-refractivity contribution is -0.319. The number of hydroxylamine groups is 2. The van der Waals surface area contributed by atoms with Gasteiger partial charge in [-0.15, -0.1) is 0 Å². The van der Waals surface area contributed by atoms with Crippen LogP contribution in [0.5, 0.6) is 0 Å². The Hall–Kier alpha value is -1.41. The van der Waals surface area contributed by atoms with Gasteiger partial charge in [-0.1, -0.05) is 0 Å². The van der Waals surface area contributed by atoms with Crippen LogP contribution >= 0.6 is 0 Å². The van der Waals surface area contributed by atoms with E-state index in [1.807, 2.05) is 0 Å². The Balaban J connectivity index is 1.83. The standard InChI is InChI=1S/C23H47N7O13/c24-1-3-30(39)23(38)29-9-5-8(25)19(42-21-13(27)16(35)15(34)10(40-21)6-28-2-4-31)18(37)20(9)43-22-17(36)12(26)14(33)11(7-32)41-22/h8-22,28,31-37,39H,1-7,24-27H2,(H,29,38)/t8-,9+,10+,11+,12-,13+,14+,15+,16+,17+,18-,19+,20-,21+,22+/m0/s1. The van der Waals surface area contributed by atoms with Crippen molar-refractivity contribution in [2.45, 2.75) is 98.1 Å². The van der Waals surface area contributed by atoms with E-state index in [2.05, 4.69) is 10.6 Å². The number of carbonyl (C=O) groups is 1. The van der Waals surface area contributed by atoms with Crippen molar-refractivity contribution in [2.75, 3.05) is 39.4 Å². The van der Waals surface area contributed by atoms with Crippen molar-refractivity contribution in [3.05, 3.63) is 0 Å². The summed E-state index contributed by atoms with van der Waals surface area (Å²) in [6.07, 6.45) is -15.9. The second kappa shape index (κ2) is 16.2. The van der Waals surface area contributed by atoms with Crippen LogP contribution in [0.15, 0.2) is 0 Å². The van der Waals surface area contributed by atoms with Crippen molar-refractivity contribution >= 4 is 6.03 Å². The minimum absolute atomic E-state index is 0.0139. The lowest BCUT2D eigenvalue weighted by Gasteiger charge is -2.49. The van der Waals surface area contributed by atoms with Crippen molar-refractivity contribution in [1.29, 1.82) is 0 Å². The Kier molecular flexibility index (Phi) is 13.6. The van der Waals surface area contributed by atoms with Gasteiger partial charge < -0.3 is 88.3 Å². The summed E-state index contributed by atoms with van der Waals surface area (Å²) in [5, 5.41) is 87.4. The number of ether oxygens (including phenoxy) is 4. The summed E-state index contributed by atoms with van der Waals surface area (Å²) in [5.74, 6) is 0. The van der Waals surface area contributed by atoms with Crippen LogP contribution in [0.3, 0.4) is 0 Å². The van der Waals surface area contributed by atoms with E-state index in [0.717, 1.165) is 0 Å². The van der Waals surface area contributed by atoms with Crippen LogP contribution in [-0.2, 0) is 18.9 Å². The van der Waals surface area contributed by atoms with E-state index in [-0.39, 0.29) is 39.2 Å². The lowest BCUT2D eigenvalue weighted by atomic mass is 9.83. The molecule has 3 fully saturated rings. The number of nitrogens with zero attached hydrogens (tertiary/aromatic N) is 1. The summed E-state index contributed by atoms with van der Waals surface area (Å²) >= 11 is 0. The molecule has 15 atom stereocenters. The monoisotopic (exact) mass is 629 g/mol. The van der Waals surface area contributed by atoms with Gasteiger partial charge in [0.15, 0.2) is 12.6 Å². The number of aliphatic hydroxyl groups is 7. The van der Waals surface area contributed by atoms with E-state index >= 15 is 0 Å². The fourth-order valence-corrected chi connectivity index (χ4v) is 5.30. The second-order valence-corrected chi connectivity index (χ2v) is 10.9. The highest BCUT2D eigenvalue weighted by Crippen LogP contribution is 2.31. The first-order chi connectivity index (χ1) is 20.4. The SMILES string of the molecule is NCCN(O)C(=O)N[C@@H]1C[C@H](N)[C@@H](O[C@H]2O[C@H](CNCCO)[C@@H](O)[C@H](O)[C@H]2N)[C@H](O)[C@H]1O[C@H]1O[C@H](CO)[C@@H](O)[C@H](N)[C@H]1O. The van der Waals surface area contributed by atoms with E-state index in [1.165, 1.54) is 0 Å². The number of nitrogens with two attached hydrogens (primary N) is 4. The molecule has 1 saturated carbocycles. The molecular weight excluding hydrogens is 582 g/mol. The maximum atomic E-state index is 12.6. The number of carbonyl (C=O) groups excluding carboxylic acids is 1. The molecule has 0 unspecified atom stereocenters. The van der Waals surface area contributed by atoms with Crippen molar-refractivity contribution in [3.8, 4) is 0 Å². The van der Waals surface area contributed by atoms with Gasteiger partial charge >= 0.3 is 6.03 Å². The van der Waals surface area contributed by atoms with Gasteiger partial charge in [-0.25, -0.2) is 9.86 Å². The highest BCUT2D eigenvalue weighted by molar-refractivity contribution is 5.73. The summed E-state index contributed by atoms with van der Waals surface area (Å²) in [5.41, 5.74) is 23.7. The van der Waals surface area contributed by atoms with E-state index in [0.29, 0.717) is 5.06 Å². The molecule has 18 N–H and O–H groups in total. The summed E-state index contributed by atoms with van der Waals surface area (Å²) in [4.78, 5) is 12.6. The molecule has 0 radical (unpaired) electrons. The van der Waals surface area contributed by atoms with Crippen LogP contribution in [0.1, 0.15) is 6.42 Å². The first kappa shape index (κ1) is 36.1. The van der Waals surface area contributed by atoms with E-state index in [1.54, 1.807) is 0 Å². The topological polar surface area (TPSA) is 347 Å². The minimum atomic E-state index is -1.70. The van der Waals surface area contributed by atoms with Crippen molar-refractivity contribution in [2.24, 2.45) is 22.9 Å². The highest BCUT2D eigenvalue weighted by Gasteiger charge is 2.52. The molecule has 0 aromatic carbocycles. The third kappa shape index (κ3) is 8.45. The van der Waals surface area contributed by atoms with Gasteiger partial charge in [0.25, 0.3) is 0 Å². The number of aliphatic hydroxyl groups excluding tert-OH is 7.